The normalized spacial score (nSPS) is 12.9. The van der Waals surface area contributed by atoms with E-state index in [9.17, 15) is 9.90 Å². The van der Waals surface area contributed by atoms with Crippen LogP contribution in [0.25, 0.3) is 0 Å². The van der Waals surface area contributed by atoms with Crippen molar-refractivity contribution in [1.29, 1.82) is 0 Å². The van der Waals surface area contributed by atoms with Crippen molar-refractivity contribution in [2.75, 3.05) is 19.0 Å². The number of benzene rings is 2. The predicted molar refractivity (Wildman–Crippen MR) is 97.2 cm³/mol. The Bertz CT molecular complexity index is 665. The number of hydrogen-bond donors (Lipinski definition) is 2. The minimum Gasteiger partial charge on any atom is -0.490 e. The van der Waals surface area contributed by atoms with Crippen LogP contribution in [0.4, 0.5) is 0 Å². The summed E-state index contributed by atoms with van der Waals surface area (Å²) in [5.41, 5.74) is 0.793. The summed E-state index contributed by atoms with van der Waals surface area (Å²) in [6.07, 6.45) is -1.62. The van der Waals surface area contributed by atoms with Crippen LogP contribution < -0.4 is 14.8 Å². The van der Waals surface area contributed by atoms with Crippen molar-refractivity contribution < 1.29 is 19.4 Å². The fourth-order valence-electron chi connectivity index (χ4n) is 2.34. The molecule has 0 heterocycles. The highest BCUT2D eigenvalue weighted by Gasteiger charge is 2.24. The summed E-state index contributed by atoms with van der Waals surface area (Å²) < 4.78 is 11.6. The van der Waals surface area contributed by atoms with Crippen LogP contribution in [0.2, 0.25) is 0 Å². The molecule has 0 aliphatic rings. The quantitative estimate of drug-likeness (QED) is 0.672. The first-order valence-electron chi connectivity index (χ1n) is 8.09. The van der Waals surface area contributed by atoms with Gasteiger partial charge in [0, 0.05) is 6.54 Å². The zero-order chi connectivity index (χ0) is 18.1. The summed E-state index contributed by atoms with van der Waals surface area (Å²) in [5.74, 6) is 0.627. The van der Waals surface area contributed by atoms with Crippen molar-refractivity contribution in [3.05, 3.63) is 60.2 Å². The molecule has 2 N–H and O–H groups in total. The molecule has 0 radical (unpaired) electrons. The van der Waals surface area contributed by atoms with Gasteiger partial charge in [-0.25, -0.2) is 0 Å². The molecule has 0 bridgehead atoms. The number of halogens is 1. The minimum atomic E-state index is -0.954. The van der Waals surface area contributed by atoms with Crippen molar-refractivity contribution in [1.82, 2.24) is 5.32 Å². The van der Waals surface area contributed by atoms with Gasteiger partial charge >= 0.3 is 0 Å². The van der Waals surface area contributed by atoms with Gasteiger partial charge in [0.2, 0.25) is 5.91 Å². The van der Waals surface area contributed by atoms with Crippen molar-refractivity contribution >= 4 is 17.5 Å². The number of aliphatic hydroxyl groups is 1. The average Bonchev–Trinajstić information content (AvgIpc) is 2.66. The molecular formula is C19H22ClNO4. The molecule has 25 heavy (non-hydrogen) atoms. The summed E-state index contributed by atoms with van der Waals surface area (Å²) in [7, 11) is 0. The number of alkyl halides is 1. The first-order valence-corrected chi connectivity index (χ1v) is 8.63. The Morgan fingerprint density at radius 3 is 2.40 bits per heavy atom. The van der Waals surface area contributed by atoms with Crippen LogP contribution in [0.3, 0.4) is 0 Å². The summed E-state index contributed by atoms with van der Waals surface area (Å²) in [4.78, 5) is 11.4. The first kappa shape index (κ1) is 19.1. The van der Waals surface area contributed by atoms with Gasteiger partial charge in [0.05, 0.1) is 6.61 Å². The maximum atomic E-state index is 11.4. The summed E-state index contributed by atoms with van der Waals surface area (Å²) >= 11 is 5.48. The van der Waals surface area contributed by atoms with Gasteiger partial charge < -0.3 is 19.9 Å². The molecule has 5 nitrogen and oxygen atoms in total. The first-order chi connectivity index (χ1) is 12.2. The number of hydrogen-bond acceptors (Lipinski definition) is 4. The van der Waals surface area contributed by atoms with Crippen molar-refractivity contribution in [3.8, 4) is 11.5 Å². The molecule has 0 aliphatic heterocycles. The van der Waals surface area contributed by atoms with E-state index in [0.29, 0.717) is 18.1 Å². The summed E-state index contributed by atoms with van der Waals surface area (Å²) in [6, 6.07) is 16.6. The average molecular weight is 364 g/mol. The van der Waals surface area contributed by atoms with Gasteiger partial charge in [-0.3, -0.25) is 4.79 Å². The maximum absolute atomic E-state index is 11.4. The minimum absolute atomic E-state index is 0.0297. The third kappa shape index (κ3) is 5.66. The monoisotopic (exact) mass is 363 g/mol. The molecule has 2 rings (SSSR count). The maximum Gasteiger partial charge on any atom is 0.235 e. The Morgan fingerprint density at radius 1 is 1.12 bits per heavy atom. The molecule has 2 aromatic carbocycles. The van der Waals surface area contributed by atoms with Crippen LogP contribution >= 0.6 is 11.6 Å². The molecular weight excluding hydrogens is 342 g/mol. The van der Waals surface area contributed by atoms with E-state index in [1.54, 1.807) is 6.07 Å². The van der Waals surface area contributed by atoms with E-state index in [-0.39, 0.29) is 18.3 Å². The van der Waals surface area contributed by atoms with Gasteiger partial charge in [-0.2, -0.15) is 0 Å². The van der Waals surface area contributed by atoms with Crippen LogP contribution in [-0.4, -0.2) is 36.1 Å². The number of para-hydroxylation sites is 2. The van der Waals surface area contributed by atoms with Gasteiger partial charge in [-0.1, -0.05) is 42.5 Å². The van der Waals surface area contributed by atoms with Crippen molar-refractivity contribution in [2.24, 2.45) is 0 Å². The van der Waals surface area contributed by atoms with Crippen LogP contribution in [0.1, 0.15) is 18.6 Å². The lowest BCUT2D eigenvalue weighted by atomic mass is 10.0. The SMILES string of the molecule is CCOc1ccccc1O[C@H](c1ccccc1)[C@@H](O)CNC(=O)CCl. The van der Waals surface area contributed by atoms with E-state index < -0.39 is 12.2 Å². The standard InChI is InChI=1S/C19H22ClNO4/c1-2-24-16-10-6-7-11-17(16)25-19(14-8-4-3-5-9-14)15(22)13-21-18(23)12-20/h3-11,15,19,22H,2,12-13H2,1H3,(H,21,23)/t15-,19+/m0/s1. The van der Waals surface area contributed by atoms with Crippen molar-refractivity contribution in [2.45, 2.75) is 19.1 Å². The van der Waals surface area contributed by atoms with Gasteiger partial charge in [0.25, 0.3) is 0 Å². The van der Waals surface area contributed by atoms with Gasteiger partial charge in [0.1, 0.15) is 12.0 Å². The number of carbonyl (C=O) groups excluding carboxylic acids is 1. The second kappa shape index (κ2) is 9.91. The van der Waals surface area contributed by atoms with Crippen LogP contribution in [-0.2, 0) is 4.79 Å². The Labute approximate surface area is 152 Å². The number of rotatable bonds is 9. The molecule has 2 atom stereocenters. The lowest BCUT2D eigenvalue weighted by molar-refractivity contribution is -0.119. The zero-order valence-corrected chi connectivity index (χ0v) is 14.8. The number of nitrogens with one attached hydrogen (secondary N) is 1. The van der Waals surface area contributed by atoms with Crippen molar-refractivity contribution in [3.63, 3.8) is 0 Å². The number of ether oxygens (including phenoxy) is 2. The van der Waals surface area contributed by atoms with E-state index in [0.717, 1.165) is 5.56 Å². The molecule has 134 valence electrons. The molecule has 0 saturated carbocycles. The largest absolute Gasteiger partial charge is 0.490 e. The fraction of sp³-hybridized carbons (Fsp3) is 0.316. The van der Waals surface area contributed by atoms with Crippen LogP contribution in [0.5, 0.6) is 11.5 Å². The Balaban J connectivity index is 2.22. The van der Waals surface area contributed by atoms with Gasteiger partial charge in [-0.05, 0) is 24.6 Å². The molecule has 2 aromatic rings. The number of amides is 1. The smallest absolute Gasteiger partial charge is 0.235 e. The van der Waals surface area contributed by atoms with E-state index in [1.807, 2.05) is 55.5 Å². The summed E-state index contributed by atoms with van der Waals surface area (Å²) in [5, 5.41) is 13.1. The third-order valence-corrected chi connectivity index (χ3v) is 3.75. The summed E-state index contributed by atoms with van der Waals surface area (Å²) in [6.45, 7) is 2.43. The van der Waals surface area contributed by atoms with E-state index >= 15 is 0 Å². The molecule has 6 heteroatoms. The van der Waals surface area contributed by atoms with E-state index in [2.05, 4.69) is 5.32 Å². The molecule has 0 spiro atoms. The highest BCUT2D eigenvalue weighted by Crippen LogP contribution is 2.32. The van der Waals surface area contributed by atoms with Gasteiger partial charge in [-0.15, -0.1) is 11.6 Å². The van der Waals surface area contributed by atoms with Gasteiger partial charge in [0.15, 0.2) is 17.6 Å². The molecule has 0 aromatic heterocycles. The number of aliphatic hydroxyl groups excluding tert-OH is 1. The lowest BCUT2D eigenvalue weighted by Crippen LogP contribution is -2.37. The molecule has 0 unspecified atom stereocenters. The molecule has 1 amide bonds. The third-order valence-electron chi connectivity index (χ3n) is 3.51. The topological polar surface area (TPSA) is 67.8 Å². The van der Waals surface area contributed by atoms with Crippen LogP contribution in [0, 0.1) is 0 Å². The molecule has 0 saturated heterocycles. The van der Waals surface area contributed by atoms with E-state index in [4.69, 9.17) is 21.1 Å². The fourth-order valence-corrected chi connectivity index (χ4v) is 2.44. The molecule has 0 fully saturated rings. The predicted octanol–water partition coefficient (Wildman–Crippen LogP) is 2.92. The second-order valence-electron chi connectivity index (χ2n) is 5.33. The Kier molecular flexibility index (Phi) is 7.57. The second-order valence-corrected chi connectivity index (χ2v) is 5.60. The Morgan fingerprint density at radius 2 is 1.76 bits per heavy atom. The lowest BCUT2D eigenvalue weighted by Gasteiger charge is -2.26. The zero-order valence-electron chi connectivity index (χ0n) is 14.0. The highest BCUT2D eigenvalue weighted by atomic mass is 35.5. The van der Waals surface area contributed by atoms with E-state index in [1.165, 1.54) is 0 Å². The van der Waals surface area contributed by atoms with Crippen LogP contribution in [0.15, 0.2) is 54.6 Å². The number of carbonyl (C=O) groups is 1. The molecule has 0 aliphatic carbocycles. The Hall–Kier alpha value is -2.24. The highest BCUT2D eigenvalue weighted by molar-refractivity contribution is 6.27.